The number of ether oxygens (including phenoxy) is 1. The number of aryl methyl sites for hydroxylation is 1. The zero-order valence-corrected chi connectivity index (χ0v) is 18.4. The van der Waals surface area contributed by atoms with E-state index in [9.17, 15) is 0 Å². The largest absolute Gasteiger partial charge is 0.494 e. The van der Waals surface area contributed by atoms with Gasteiger partial charge in [-0.05, 0) is 50.2 Å². The number of halogens is 1. The second-order valence-electron chi connectivity index (χ2n) is 6.29. The molecule has 0 saturated carbocycles. The molecule has 4 rings (SSSR count). The van der Waals surface area contributed by atoms with Gasteiger partial charge in [-0.25, -0.2) is 0 Å². The van der Waals surface area contributed by atoms with Gasteiger partial charge in [-0.2, -0.15) is 0 Å². The van der Waals surface area contributed by atoms with Gasteiger partial charge in [0.1, 0.15) is 11.5 Å². The molecule has 2 heterocycles. The first-order valence-corrected chi connectivity index (χ1v) is 10.9. The standard InChI is InChI=1S/C21H19BrN4O2S/c1-3-27-19-10-8-18(9-11-19)26-20(15-4-6-16(22)7-5-15)23-24-21(26)29-13-17-12-14(2)28-25-17/h4-12H,3,13H2,1-2H3. The zero-order valence-electron chi connectivity index (χ0n) is 16.0. The first kappa shape index (κ1) is 19.7. The molecule has 0 radical (unpaired) electrons. The summed E-state index contributed by atoms with van der Waals surface area (Å²) >= 11 is 5.05. The first-order chi connectivity index (χ1) is 14.1. The molecule has 0 spiro atoms. The molecule has 0 aliphatic carbocycles. The van der Waals surface area contributed by atoms with E-state index in [0.29, 0.717) is 12.4 Å². The van der Waals surface area contributed by atoms with E-state index in [1.807, 2.05) is 68.4 Å². The lowest BCUT2D eigenvalue weighted by atomic mass is 10.2. The van der Waals surface area contributed by atoms with Crippen LogP contribution in [0.5, 0.6) is 5.75 Å². The monoisotopic (exact) mass is 470 g/mol. The van der Waals surface area contributed by atoms with Gasteiger partial charge in [0.2, 0.25) is 0 Å². The maximum atomic E-state index is 5.57. The van der Waals surface area contributed by atoms with E-state index in [-0.39, 0.29) is 0 Å². The molecule has 0 fully saturated rings. The van der Waals surface area contributed by atoms with Crippen LogP contribution in [0, 0.1) is 6.92 Å². The average molecular weight is 471 g/mol. The number of aromatic nitrogens is 4. The van der Waals surface area contributed by atoms with E-state index in [4.69, 9.17) is 9.26 Å². The number of nitrogens with zero attached hydrogens (tertiary/aromatic N) is 4. The lowest BCUT2D eigenvalue weighted by Crippen LogP contribution is -2.00. The summed E-state index contributed by atoms with van der Waals surface area (Å²) in [7, 11) is 0. The van der Waals surface area contributed by atoms with Gasteiger partial charge in [0.25, 0.3) is 0 Å². The molecule has 0 unspecified atom stereocenters. The molecule has 4 aromatic rings. The van der Waals surface area contributed by atoms with Crippen molar-refractivity contribution in [1.29, 1.82) is 0 Å². The SMILES string of the molecule is CCOc1ccc(-n2c(SCc3cc(C)on3)nnc2-c2ccc(Br)cc2)cc1. The maximum absolute atomic E-state index is 5.57. The first-order valence-electron chi connectivity index (χ1n) is 9.13. The molecular weight excluding hydrogens is 452 g/mol. The van der Waals surface area contributed by atoms with Crippen LogP contribution in [-0.4, -0.2) is 26.5 Å². The van der Waals surface area contributed by atoms with Crippen molar-refractivity contribution in [3.63, 3.8) is 0 Å². The van der Waals surface area contributed by atoms with Gasteiger partial charge in [0.15, 0.2) is 11.0 Å². The molecule has 0 amide bonds. The second kappa shape index (κ2) is 8.84. The molecule has 29 heavy (non-hydrogen) atoms. The number of hydrogen-bond acceptors (Lipinski definition) is 6. The lowest BCUT2D eigenvalue weighted by molar-refractivity contribution is 0.340. The Bertz CT molecular complexity index is 1090. The van der Waals surface area contributed by atoms with Crippen LogP contribution < -0.4 is 4.74 Å². The van der Waals surface area contributed by atoms with Gasteiger partial charge < -0.3 is 9.26 Å². The van der Waals surface area contributed by atoms with Crippen LogP contribution >= 0.6 is 27.7 Å². The number of benzene rings is 2. The summed E-state index contributed by atoms with van der Waals surface area (Å²) < 4.78 is 13.8. The van der Waals surface area contributed by atoms with Gasteiger partial charge in [-0.1, -0.05) is 45.0 Å². The Kier molecular flexibility index (Phi) is 6.01. The van der Waals surface area contributed by atoms with Crippen molar-refractivity contribution in [3.8, 4) is 22.8 Å². The Morgan fingerprint density at radius 1 is 1.07 bits per heavy atom. The minimum Gasteiger partial charge on any atom is -0.494 e. The molecule has 0 atom stereocenters. The van der Waals surface area contributed by atoms with Crippen molar-refractivity contribution in [3.05, 3.63) is 70.5 Å². The highest BCUT2D eigenvalue weighted by Crippen LogP contribution is 2.31. The van der Waals surface area contributed by atoms with Gasteiger partial charge in [0, 0.05) is 27.5 Å². The lowest BCUT2D eigenvalue weighted by Gasteiger charge is -2.11. The highest BCUT2D eigenvalue weighted by atomic mass is 79.9. The van der Waals surface area contributed by atoms with Crippen molar-refractivity contribution in [2.24, 2.45) is 0 Å². The topological polar surface area (TPSA) is 66.0 Å². The van der Waals surface area contributed by atoms with Gasteiger partial charge in [0.05, 0.1) is 12.3 Å². The third-order valence-electron chi connectivity index (χ3n) is 4.17. The van der Waals surface area contributed by atoms with Gasteiger partial charge in [-0.15, -0.1) is 10.2 Å². The maximum Gasteiger partial charge on any atom is 0.196 e. The van der Waals surface area contributed by atoms with E-state index in [1.54, 1.807) is 11.8 Å². The molecule has 6 nitrogen and oxygen atoms in total. The van der Waals surface area contributed by atoms with Gasteiger partial charge in [-0.3, -0.25) is 4.57 Å². The minimum atomic E-state index is 0.633. The summed E-state index contributed by atoms with van der Waals surface area (Å²) in [5.74, 6) is 3.05. The molecule has 0 aliphatic rings. The Morgan fingerprint density at radius 2 is 1.83 bits per heavy atom. The predicted molar refractivity (Wildman–Crippen MR) is 116 cm³/mol. The van der Waals surface area contributed by atoms with Crippen LogP contribution in [0.4, 0.5) is 0 Å². The summed E-state index contributed by atoms with van der Waals surface area (Å²) in [6.45, 7) is 4.49. The molecule has 0 N–H and O–H groups in total. The molecule has 0 saturated heterocycles. The summed E-state index contributed by atoms with van der Waals surface area (Å²) in [4.78, 5) is 0. The van der Waals surface area contributed by atoms with Crippen molar-refractivity contribution in [1.82, 2.24) is 19.9 Å². The summed E-state index contributed by atoms with van der Waals surface area (Å²) in [6.07, 6.45) is 0. The Hall–Kier alpha value is -2.58. The minimum absolute atomic E-state index is 0.633. The Labute approximate surface area is 181 Å². The number of thioether (sulfide) groups is 1. The quantitative estimate of drug-likeness (QED) is 0.323. The fraction of sp³-hybridized carbons (Fsp3) is 0.190. The number of hydrogen-bond donors (Lipinski definition) is 0. The molecule has 0 bridgehead atoms. The Balaban J connectivity index is 1.71. The third-order valence-corrected chi connectivity index (χ3v) is 5.66. The van der Waals surface area contributed by atoms with E-state index < -0.39 is 0 Å². The molecule has 2 aromatic carbocycles. The van der Waals surface area contributed by atoms with Crippen LogP contribution in [0.15, 0.2) is 68.7 Å². The highest BCUT2D eigenvalue weighted by molar-refractivity contribution is 9.10. The summed E-state index contributed by atoms with van der Waals surface area (Å²) in [5, 5.41) is 13.8. The number of rotatable bonds is 7. The zero-order chi connectivity index (χ0) is 20.2. The summed E-state index contributed by atoms with van der Waals surface area (Å²) in [6, 6.07) is 17.9. The normalized spacial score (nSPS) is 11.0. The van der Waals surface area contributed by atoms with Gasteiger partial charge >= 0.3 is 0 Å². The Morgan fingerprint density at radius 3 is 2.48 bits per heavy atom. The van der Waals surface area contributed by atoms with Crippen LogP contribution in [-0.2, 0) is 5.75 Å². The van der Waals surface area contributed by atoms with E-state index in [2.05, 4.69) is 35.9 Å². The van der Waals surface area contributed by atoms with Crippen LogP contribution in [0.3, 0.4) is 0 Å². The summed E-state index contributed by atoms with van der Waals surface area (Å²) in [5.41, 5.74) is 2.83. The van der Waals surface area contributed by atoms with Crippen LogP contribution in [0.1, 0.15) is 18.4 Å². The molecule has 8 heteroatoms. The highest BCUT2D eigenvalue weighted by Gasteiger charge is 2.17. The average Bonchev–Trinajstić information content (AvgIpc) is 3.34. The second-order valence-corrected chi connectivity index (χ2v) is 8.15. The third kappa shape index (κ3) is 4.54. The molecule has 148 valence electrons. The van der Waals surface area contributed by atoms with E-state index in [0.717, 1.165) is 43.9 Å². The molecule has 2 aromatic heterocycles. The van der Waals surface area contributed by atoms with E-state index in [1.165, 1.54) is 0 Å². The van der Waals surface area contributed by atoms with Crippen molar-refractivity contribution >= 4 is 27.7 Å². The fourth-order valence-electron chi connectivity index (χ4n) is 2.86. The van der Waals surface area contributed by atoms with Crippen molar-refractivity contribution in [2.75, 3.05) is 6.61 Å². The van der Waals surface area contributed by atoms with Crippen LogP contribution in [0.2, 0.25) is 0 Å². The van der Waals surface area contributed by atoms with Crippen molar-refractivity contribution < 1.29 is 9.26 Å². The predicted octanol–water partition coefficient (Wildman–Crippen LogP) is 5.68. The fourth-order valence-corrected chi connectivity index (χ4v) is 3.96. The van der Waals surface area contributed by atoms with E-state index >= 15 is 0 Å². The smallest absolute Gasteiger partial charge is 0.196 e. The van der Waals surface area contributed by atoms with Crippen molar-refractivity contribution in [2.45, 2.75) is 24.8 Å². The molecular formula is C21H19BrN4O2S. The van der Waals surface area contributed by atoms with Crippen LogP contribution in [0.25, 0.3) is 17.1 Å². The molecule has 0 aliphatic heterocycles.